The summed E-state index contributed by atoms with van der Waals surface area (Å²) in [5, 5.41) is 10.7. The first-order chi connectivity index (χ1) is 12.8. The summed E-state index contributed by atoms with van der Waals surface area (Å²) in [7, 11) is -3.84. The van der Waals surface area contributed by atoms with Crippen LogP contribution in [-0.4, -0.2) is 25.5 Å². The van der Waals surface area contributed by atoms with Gasteiger partial charge in [0.2, 0.25) is 0 Å². The van der Waals surface area contributed by atoms with Crippen LogP contribution < -0.4 is 10.5 Å². The van der Waals surface area contributed by atoms with Crippen LogP contribution in [0, 0.1) is 6.92 Å². The van der Waals surface area contributed by atoms with Gasteiger partial charge in [0.05, 0.1) is 10.6 Å². The van der Waals surface area contributed by atoms with Crippen molar-refractivity contribution in [2.75, 3.05) is 4.72 Å². The van der Waals surface area contributed by atoms with Crippen LogP contribution in [0.5, 0.6) is 0 Å². The van der Waals surface area contributed by atoms with Gasteiger partial charge in [0, 0.05) is 5.39 Å². The second kappa shape index (κ2) is 7.38. The molecule has 0 bridgehead atoms. The van der Waals surface area contributed by atoms with Gasteiger partial charge in [0.1, 0.15) is 6.04 Å². The molecule has 0 unspecified atom stereocenters. The third-order valence-electron chi connectivity index (χ3n) is 4.42. The molecule has 27 heavy (non-hydrogen) atoms. The maximum absolute atomic E-state index is 12.9. The molecule has 4 N–H and O–H groups in total. The lowest BCUT2D eigenvalue weighted by Gasteiger charge is -2.14. The van der Waals surface area contributed by atoms with Crippen molar-refractivity contribution in [2.45, 2.75) is 24.3 Å². The Hall–Kier alpha value is -2.90. The largest absolute Gasteiger partial charge is 0.480 e. The minimum atomic E-state index is -3.84. The van der Waals surface area contributed by atoms with Gasteiger partial charge in [-0.3, -0.25) is 9.52 Å². The molecule has 0 aromatic heterocycles. The normalized spacial score (nSPS) is 12.7. The van der Waals surface area contributed by atoms with Crippen LogP contribution in [0.1, 0.15) is 11.1 Å². The van der Waals surface area contributed by atoms with Gasteiger partial charge in [0.25, 0.3) is 10.0 Å². The minimum absolute atomic E-state index is 0.0544. The summed E-state index contributed by atoms with van der Waals surface area (Å²) >= 11 is 0. The van der Waals surface area contributed by atoms with E-state index >= 15 is 0 Å². The number of benzene rings is 3. The SMILES string of the molecule is Cc1ccc(S(=O)(=O)Nc2cccc3ccccc23)cc1C[C@H](N)C(=O)O. The maximum Gasteiger partial charge on any atom is 0.320 e. The summed E-state index contributed by atoms with van der Waals surface area (Å²) in [5.41, 5.74) is 7.46. The molecule has 1 atom stereocenters. The second-order valence-corrected chi connectivity index (χ2v) is 8.05. The summed E-state index contributed by atoms with van der Waals surface area (Å²) in [6.07, 6.45) is 0.0544. The van der Waals surface area contributed by atoms with Gasteiger partial charge >= 0.3 is 5.97 Å². The number of fused-ring (bicyclic) bond motifs is 1. The first kappa shape index (κ1) is 18.9. The van der Waals surface area contributed by atoms with Crippen LogP contribution in [0.4, 0.5) is 5.69 Å². The molecule has 140 valence electrons. The van der Waals surface area contributed by atoms with Gasteiger partial charge in [-0.2, -0.15) is 0 Å². The Morgan fingerprint density at radius 1 is 1.11 bits per heavy atom. The number of hydrogen-bond acceptors (Lipinski definition) is 4. The third kappa shape index (κ3) is 4.10. The fraction of sp³-hybridized carbons (Fsp3) is 0.150. The van der Waals surface area contributed by atoms with Crippen LogP contribution in [0.15, 0.2) is 65.6 Å². The summed E-state index contributed by atoms with van der Waals surface area (Å²) in [6, 6.07) is 16.4. The molecule has 0 aliphatic carbocycles. The van der Waals surface area contributed by atoms with E-state index in [9.17, 15) is 13.2 Å². The minimum Gasteiger partial charge on any atom is -0.480 e. The Balaban J connectivity index is 1.96. The van der Waals surface area contributed by atoms with Gasteiger partial charge < -0.3 is 10.8 Å². The van der Waals surface area contributed by atoms with Gasteiger partial charge in [-0.25, -0.2) is 8.42 Å². The number of aliphatic carboxylic acids is 1. The lowest BCUT2D eigenvalue weighted by atomic mass is 10.0. The zero-order chi connectivity index (χ0) is 19.6. The highest BCUT2D eigenvalue weighted by Crippen LogP contribution is 2.26. The average Bonchev–Trinajstić information content (AvgIpc) is 2.63. The first-order valence-corrected chi connectivity index (χ1v) is 9.85. The topological polar surface area (TPSA) is 109 Å². The number of sulfonamides is 1. The summed E-state index contributed by atoms with van der Waals surface area (Å²) < 4.78 is 28.4. The van der Waals surface area contributed by atoms with E-state index in [1.54, 1.807) is 25.1 Å². The van der Waals surface area contributed by atoms with Crippen LogP contribution in [0.2, 0.25) is 0 Å². The molecule has 0 heterocycles. The predicted octanol–water partition coefficient (Wildman–Crippen LogP) is 2.90. The highest BCUT2D eigenvalue weighted by atomic mass is 32.2. The Morgan fingerprint density at radius 3 is 2.56 bits per heavy atom. The molecule has 3 rings (SSSR count). The van der Waals surface area contributed by atoms with Crippen LogP contribution in [0.25, 0.3) is 10.8 Å². The van der Waals surface area contributed by atoms with Crippen molar-refractivity contribution in [3.05, 3.63) is 71.8 Å². The summed E-state index contributed by atoms with van der Waals surface area (Å²) in [4.78, 5) is 11.1. The molecule has 0 amide bonds. The van der Waals surface area contributed by atoms with Gasteiger partial charge in [-0.15, -0.1) is 0 Å². The molecule has 0 spiro atoms. The molecule has 0 aliphatic heterocycles. The Bertz CT molecular complexity index is 1100. The van der Waals surface area contributed by atoms with E-state index in [1.165, 1.54) is 12.1 Å². The molecule has 3 aromatic rings. The Kier molecular flexibility index (Phi) is 5.16. The average molecular weight is 384 g/mol. The van der Waals surface area contributed by atoms with Crippen LogP contribution in [-0.2, 0) is 21.2 Å². The zero-order valence-electron chi connectivity index (χ0n) is 14.7. The molecular formula is C20H20N2O4S. The van der Waals surface area contributed by atoms with E-state index in [2.05, 4.69) is 4.72 Å². The van der Waals surface area contributed by atoms with E-state index in [1.807, 2.05) is 30.3 Å². The molecule has 0 radical (unpaired) electrons. The van der Waals surface area contributed by atoms with Crippen molar-refractivity contribution in [1.29, 1.82) is 0 Å². The first-order valence-electron chi connectivity index (χ1n) is 8.36. The molecule has 3 aromatic carbocycles. The van der Waals surface area contributed by atoms with Crippen molar-refractivity contribution in [3.63, 3.8) is 0 Å². The fourth-order valence-corrected chi connectivity index (χ4v) is 4.01. The van der Waals surface area contributed by atoms with Crippen LogP contribution in [0.3, 0.4) is 0 Å². The third-order valence-corrected chi connectivity index (χ3v) is 5.79. The summed E-state index contributed by atoms with van der Waals surface area (Å²) in [5.74, 6) is -1.13. The van der Waals surface area contributed by atoms with E-state index < -0.39 is 22.0 Å². The van der Waals surface area contributed by atoms with Gasteiger partial charge in [-0.1, -0.05) is 42.5 Å². The Labute approximate surface area is 157 Å². The van der Waals surface area contributed by atoms with Crippen molar-refractivity contribution in [3.8, 4) is 0 Å². The second-order valence-electron chi connectivity index (χ2n) is 6.37. The number of rotatable bonds is 6. The Morgan fingerprint density at radius 2 is 1.81 bits per heavy atom. The van der Waals surface area contributed by atoms with E-state index in [0.29, 0.717) is 11.3 Å². The molecule has 0 aliphatic rings. The number of anilines is 1. The van der Waals surface area contributed by atoms with E-state index in [0.717, 1.165) is 16.3 Å². The molecule has 7 heteroatoms. The van der Waals surface area contributed by atoms with E-state index in [4.69, 9.17) is 10.8 Å². The highest BCUT2D eigenvalue weighted by Gasteiger charge is 2.19. The monoisotopic (exact) mass is 384 g/mol. The maximum atomic E-state index is 12.9. The van der Waals surface area contributed by atoms with Gasteiger partial charge in [-0.05, 0) is 48.1 Å². The van der Waals surface area contributed by atoms with Crippen molar-refractivity contribution in [1.82, 2.24) is 0 Å². The smallest absolute Gasteiger partial charge is 0.320 e. The number of carbonyl (C=O) groups is 1. The number of nitrogens with two attached hydrogens (primary N) is 1. The molecule has 6 nitrogen and oxygen atoms in total. The van der Waals surface area contributed by atoms with E-state index in [-0.39, 0.29) is 11.3 Å². The molecule has 0 saturated heterocycles. The number of aryl methyl sites for hydroxylation is 1. The lowest BCUT2D eigenvalue weighted by Crippen LogP contribution is -2.32. The quantitative estimate of drug-likeness (QED) is 0.605. The van der Waals surface area contributed by atoms with Crippen molar-refractivity contribution >= 4 is 32.5 Å². The lowest BCUT2D eigenvalue weighted by molar-refractivity contribution is -0.138. The number of hydrogen-bond donors (Lipinski definition) is 3. The zero-order valence-corrected chi connectivity index (χ0v) is 15.5. The molecular weight excluding hydrogens is 364 g/mol. The predicted molar refractivity (Wildman–Crippen MR) is 105 cm³/mol. The van der Waals surface area contributed by atoms with Crippen molar-refractivity contribution in [2.24, 2.45) is 5.73 Å². The van der Waals surface area contributed by atoms with Crippen molar-refractivity contribution < 1.29 is 18.3 Å². The number of nitrogens with one attached hydrogen (secondary N) is 1. The fourth-order valence-electron chi connectivity index (χ4n) is 2.88. The number of carboxylic acids is 1. The summed E-state index contributed by atoms with van der Waals surface area (Å²) in [6.45, 7) is 1.79. The van der Waals surface area contributed by atoms with Gasteiger partial charge in [0.15, 0.2) is 0 Å². The highest BCUT2D eigenvalue weighted by molar-refractivity contribution is 7.92. The molecule has 0 fully saturated rings. The molecule has 0 saturated carbocycles. The number of carboxylic acid groups (broad SMARTS) is 1. The van der Waals surface area contributed by atoms with Crippen LogP contribution >= 0.6 is 0 Å². The standard InChI is InChI=1S/C20H20N2O4S/c1-13-9-10-16(11-15(13)12-18(21)20(23)24)27(25,26)22-19-8-4-6-14-5-2-3-7-17(14)19/h2-11,18,22H,12,21H2,1H3,(H,23,24)/t18-/m0/s1.